The normalized spacial score (nSPS) is 26.4. The number of hydrogen-bond acceptors (Lipinski definition) is 4. The molecule has 0 bridgehead atoms. The molecule has 0 radical (unpaired) electrons. The first kappa shape index (κ1) is 14.1. The number of hydrogen-bond donors (Lipinski definition) is 1. The fourth-order valence-corrected chi connectivity index (χ4v) is 3.49. The summed E-state index contributed by atoms with van der Waals surface area (Å²) in [7, 11) is 1.68. The average molecular weight is 285 g/mol. The largest absolute Gasteiger partial charge is 0.497 e. The van der Waals surface area contributed by atoms with Gasteiger partial charge in [-0.05, 0) is 31.9 Å². The number of ether oxygens (including phenoxy) is 1. The van der Waals surface area contributed by atoms with Crippen LogP contribution in [0, 0.1) is 5.92 Å². The van der Waals surface area contributed by atoms with E-state index in [1.165, 1.54) is 32.1 Å². The van der Waals surface area contributed by atoms with Crippen molar-refractivity contribution < 1.29 is 4.74 Å². The zero-order chi connectivity index (χ0) is 14.9. The first-order valence-electron chi connectivity index (χ1n) is 7.72. The Kier molecular flexibility index (Phi) is 3.70. The number of aliphatic imine (C=N–C) groups is 2. The van der Waals surface area contributed by atoms with Gasteiger partial charge in [-0.3, -0.25) is 4.99 Å². The summed E-state index contributed by atoms with van der Waals surface area (Å²) < 4.78 is 5.26. The highest BCUT2D eigenvalue weighted by molar-refractivity contribution is 6.41. The fraction of sp³-hybridized carbons (Fsp3) is 0.529. The topological polar surface area (TPSA) is 60.0 Å². The number of nitrogens with two attached hydrogens (primary N) is 1. The van der Waals surface area contributed by atoms with Crippen LogP contribution in [0.5, 0.6) is 5.75 Å². The second kappa shape index (κ2) is 5.51. The van der Waals surface area contributed by atoms with Crippen molar-refractivity contribution >= 4 is 11.5 Å². The van der Waals surface area contributed by atoms with Gasteiger partial charge < -0.3 is 10.5 Å². The molecule has 0 saturated heterocycles. The number of benzene rings is 1. The molecule has 0 amide bonds. The summed E-state index contributed by atoms with van der Waals surface area (Å²) in [6.45, 7) is 1.95. The molecule has 1 aliphatic carbocycles. The maximum atomic E-state index is 6.05. The van der Waals surface area contributed by atoms with Crippen LogP contribution in [0.3, 0.4) is 0 Å². The lowest BCUT2D eigenvalue weighted by molar-refractivity contribution is 0.220. The van der Waals surface area contributed by atoms with E-state index in [4.69, 9.17) is 20.5 Å². The molecule has 1 heterocycles. The van der Waals surface area contributed by atoms with Gasteiger partial charge in [-0.25, -0.2) is 4.99 Å². The number of rotatable bonds is 3. The molecular formula is C17H23N3O. The maximum Gasteiger partial charge on any atom is 0.181 e. The Bertz CT molecular complexity index is 550. The smallest absolute Gasteiger partial charge is 0.181 e. The van der Waals surface area contributed by atoms with Gasteiger partial charge in [0, 0.05) is 11.5 Å². The summed E-state index contributed by atoms with van der Waals surface area (Å²) in [6, 6.07) is 8.11. The monoisotopic (exact) mass is 285 g/mol. The zero-order valence-corrected chi connectivity index (χ0v) is 12.8. The van der Waals surface area contributed by atoms with Gasteiger partial charge in [0.1, 0.15) is 11.6 Å². The lowest BCUT2D eigenvalue weighted by Gasteiger charge is -2.35. The van der Waals surface area contributed by atoms with Gasteiger partial charge in [-0.1, -0.05) is 31.4 Å². The van der Waals surface area contributed by atoms with E-state index in [0.717, 1.165) is 17.0 Å². The van der Waals surface area contributed by atoms with Crippen molar-refractivity contribution in [2.75, 3.05) is 7.11 Å². The molecule has 2 N–H and O–H groups in total. The van der Waals surface area contributed by atoms with E-state index < -0.39 is 5.66 Å². The Morgan fingerprint density at radius 3 is 2.29 bits per heavy atom. The molecule has 2 aliphatic rings. The van der Waals surface area contributed by atoms with E-state index in [9.17, 15) is 0 Å². The third-order valence-electron chi connectivity index (χ3n) is 4.69. The lowest BCUT2D eigenvalue weighted by Crippen LogP contribution is -2.32. The minimum Gasteiger partial charge on any atom is -0.497 e. The van der Waals surface area contributed by atoms with Crippen molar-refractivity contribution in [3.8, 4) is 5.75 Å². The molecule has 112 valence electrons. The average Bonchev–Trinajstić information content (AvgIpc) is 2.85. The highest BCUT2D eigenvalue weighted by atomic mass is 16.5. The predicted molar refractivity (Wildman–Crippen MR) is 86.0 cm³/mol. The van der Waals surface area contributed by atoms with Crippen LogP contribution in [0.1, 0.15) is 44.6 Å². The predicted octanol–water partition coefficient (Wildman–Crippen LogP) is 3.26. The Balaban J connectivity index is 2.04. The molecule has 1 atom stereocenters. The summed E-state index contributed by atoms with van der Waals surface area (Å²) in [6.07, 6.45) is 6.16. The highest BCUT2D eigenvalue weighted by Gasteiger charge is 2.43. The number of nitrogens with zero attached hydrogens (tertiary/aromatic N) is 2. The second-order valence-electron chi connectivity index (χ2n) is 5.98. The van der Waals surface area contributed by atoms with Crippen LogP contribution in [0.25, 0.3) is 0 Å². The van der Waals surface area contributed by atoms with Gasteiger partial charge in [0.15, 0.2) is 5.66 Å². The number of amidine groups is 1. The van der Waals surface area contributed by atoms with Crippen LogP contribution >= 0.6 is 0 Å². The van der Waals surface area contributed by atoms with E-state index in [1.54, 1.807) is 7.11 Å². The van der Waals surface area contributed by atoms with E-state index in [-0.39, 0.29) is 0 Å². The quantitative estimate of drug-likeness (QED) is 0.926. The van der Waals surface area contributed by atoms with E-state index in [2.05, 4.69) is 12.1 Å². The second-order valence-corrected chi connectivity index (χ2v) is 5.98. The Labute approximate surface area is 126 Å². The van der Waals surface area contributed by atoms with Gasteiger partial charge in [0.05, 0.1) is 12.8 Å². The minimum absolute atomic E-state index is 0.440. The van der Waals surface area contributed by atoms with Crippen molar-refractivity contribution in [2.45, 2.75) is 44.7 Å². The van der Waals surface area contributed by atoms with Crippen LogP contribution < -0.4 is 10.5 Å². The van der Waals surface area contributed by atoms with Crippen LogP contribution in [0.4, 0.5) is 0 Å². The van der Waals surface area contributed by atoms with Gasteiger partial charge in [0.25, 0.3) is 0 Å². The molecule has 1 unspecified atom stereocenters. The molecule has 3 rings (SSSR count). The fourth-order valence-electron chi connectivity index (χ4n) is 3.49. The van der Waals surface area contributed by atoms with Crippen LogP contribution in [0.2, 0.25) is 0 Å². The molecule has 1 aliphatic heterocycles. The van der Waals surface area contributed by atoms with Crippen molar-refractivity contribution in [1.29, 1.82) is 0 Å². The lowest BCUT2D eigenvalue weighted by atomic mass is 9.77. The number of methoxy groups -OCH3 is 1. The Morgan fingerprint density at radius 1 is 1.10 bits per heavy atom. The molecule has 4 nitrogen and oxygen atoms in total. The molecular weight excluding hydrogens is 262 g/mol. The third-order valence-corrected chi connectivity index (χ3v) is 4.69. The van der Waals surface area contributed by atoms with Gasteiger partial charge >= 0.3 is 0 Å². The maximum absolute atomic E-state index is 6.05. The molecule has 21 heavy (non-hydrogen) atoms. The molecule has 1 aromatic carbocycles. The molecule has 1 fully saturated rings. The van der Waals surface area contributed by atoms with Crippen LogP contribution in [-0.2, 0) is 5.66 Å². The van der Waals surface area contributed by atoms with Gasteiger partial charge in [0.2, 0.25) is 0 Å². The van der Waals surface area contributed by atoms with Crippen molar-refractivity contribution in [3.63, 3.8) is 0 Å². The van der Waals surface area contributed by atoms with E-state index in [0.29, 0.717) is 11.8 Å². The van der Waals surface area contributed by atoms with Gasteiger partial charge in [-0.15, -0.1) is 0 Å². The highest BCUT2D eigenvalue weighted by Crippen LogP contribution is 2.45. The standard InChI is InChI=1S/C17H23N3O/c1-12-16(18)20-17(19-12,13-6-4-3-5-7-13)14-8-10-15(21-2)11-9-14/h8-11,13H,3-7H2,1-2H3,(H2,18,20). The summed E-state index contributed by atoms with van der Waals surface area (Å²) in [4.78, 5) is 9.70. The molecule has 4 heteroatoms. The van der Waals surface area contributed by atoms with Crippen molar-refractivity contribution in [2.24, 2.45) is 21.6 Å². The van der Waals surface area contributed by atoms with Crippen molar-refractivity contribution in [3.05, 3.63) is 29.8 Å². The van der Waals surface area contributed by atoms with Gasteiger partial charge in [-0.2, -0.15) is 0 Å². The molecule has 0 spiro atoms. The molecule has 1 saturated carbocycles. The summed E-state index contributed by atoms with van der Waals surface area (Å²) in [5.74, 6) is 1.88. The Hall–Kier alpha value is -1.84. The van der Waals surface area contributed by atoms with Crippen LogP contribution in [0.15, 0.2) is 34.3 Å². The van der Waals surface area contributed by atoms with Crippen molar-refractivity contribution in [1.82, 2.24) is 0 Å². The summed E-state index contributed by atoms with van der Waals surface area (Å²) in [5.41, 5.74) is 7.51. The SMILES string of the molecule is COc1ccc(C2(C3CCCCC3)N=C(C)C(N)=N2)cc1. The first-order chi connectivity index (χ1) is 10.2. The summed E-state index contributed by atoms with van der Waals surface area (Å²) >= 11 is 0. The zero-order valence-electron chi connectivity index (χ0n) is 12.8. The molecule has 1 aromatic rings. The first-order valence-corrected chi connectivity index (χ1v) is 7.72. The minimum atomic E-state index is -0.513. The van der Waals surface area contributed by atoms with E-state index >= 15 is 0 Å². The summed E-state index contributed by atoms with van der Waals surface area (Å²) in [5, 5.41) is 0. The molecule has 0 aromatic heterocycles. The van der Waals surface area contributed by atoms with E-state index in [1.807, 2.05) is 19.1 Å². The third kappa shape index (κ3) is 2.43. The van der Waals surface area contributed by atoms with Crippen LogP contribution in [-0.4, -0.2) is 18.7 Å². The Morgan fingerprint density at radius 2 is 1.76 bits per heavy atom.